The maximum atomic E-state index is 14.4. The van der Waals surface area contributed by atoms with E-state index < -0.39 is 29.5 Å². The molecule has 1 saturated carbocycles. The van der Waals surface area contributed by atoms with E-state index in [1.165, 1.54) is 18.3 Å². The highest BCUT2D eigenvalue weighted by Gasteiger charge is 2.38. The number of fused-ring (bicyclic) bond motifs is 1. The van der Waals surface area contributed by atoms with Gasteiger partial charge in [-0.15, -0.1) is 5.10 Å². The Morgan fingerprint density at radius 3 is 2.42 bits per heavy atom. The molecule has 194 valence electrons. The number of hydrogen-bond acceptors (Lipinski definition) is 3. The molecule has 4 aromatic rings. The van der Waals surface area contributed by atoms with Crippen LogP contribution in [-0.4, -0.2) is 26.3 Å². The van der Waals surface area contributed by atoms with E-state index in [4.69, 9.17) is 5.11 Å². The van der Waals surface area contributed by atoms with E-state index in [1.54, 1.807) is 24.3 Å². The Balaban J connectivity index is 1.81. The number of carboxylic acids is 1. The predicted octanol–water partition coefficient (Wildman–Crippen LogP) is 7.11. The van der Waals surface area contributed by atoms with Crippen molar-refractivity contribution in [2.24, 2.45) is 5.92 Å². The van der Waals surface area contributed by atoms with Gasteiger partial charge in [-0.25, -0.2) is 9.18 Å². The highest BCUT2D eigenvalue weighted by atomic mass is 19.4. The lowest BCUT2D eigenvalue weighted by Gasteiger charge is -2.33. The number of pyridine rings is 1. The average Bonchev–Trinajstić information content (AvgIpc) is 3.21. The summed E-state index contributed by atoms with van der Waals surface area (Å²) < 4.78 is 70.9. The van der Waals surface area contributed by atoms with Crippen LogP contribution >= 0.6 is 0 Å². The molecule has 2 heterocycles. The highest BCUT2D eigenvalue weighted by Crippen LogP contribution is 2.48. The lowest BCUT2D eigenvalue weighted by molar-refractivity contribution is -0.138. The highest BCUT2D eigenvalue weighted by molar-refractivity contribution is 6.01. The molecule has 2 aromatic carbocycles. The molecular formula is C28H20F5N3O2. The van der Waals surface area contributed by atoms with Crippen molar-refractivity contribution < 1.29 is 31.9 Å². The number of nitrogens with one attached hydrogen (secondary N) is 1. The van der Waals surface area contributed by atoms with E-state index in [-0.39, 0.29) is 16.9 Å². The molecule has 1 aliphatic carbocycles. The third kappa shape index (κ3) is 4.93. The van der Waals surface area contributed by atoms with Crippen molar-refractivity contribution in [3.05, 3.63) is 101 Å². The lowest BCUT2D eigenvalue weighted by atomic mass is 9.72. The first-order valence-corrected chi connectivity index (χ1v) is 11.7. The van der Waals surface area contributed by atoms with E-state index in [9.17, 15) is 26.7 Å². The minimum atomic E-state index is -4.82. The van der Waals surface area contributed by atoms with Gasteiger partial charge in [0, 0.05) is 17.8 Å². The van der Waals surface area contributed by atoms with Crippen LogP contribution < -0.4 is 0 Å². The van der Waals surface area contributed by atoms with Gasteiger partial charge in [0.05, 0.1) is 22.2 Å². The fourth-order valence-corrected chi connectivity index (χ4v) is 4.67. The zero-order chi connectivity index (χ0) is 27.0. The number of hydrogen-bond donors (Lipinski definition) is 2. The van der Waals surface area contributed by atoms with Crippen LogP contribution in [0, 0.1) is 17.7 Å². The Labute approximate surface area is 213 Å². The molecule has 0 spiro atoms. The average molecular weight is 525 g/mol. The van der Waals surface area contributed by atoms with Gasteiger partial charge in [0.15, 0.2) is 0 Å². The second-order valence-corrected chi connectivity index (χ2v) is 9.02. The molecule has 0 radical (unpaired) electrons. The molecule has 1 aliphatic rings. The normalized spacial score (nSPS) is 15.1. The van der Waals surface area contributed by atoms with E-state index in [0.29, 0.717) is 52.4 Å². The maximum absolute atomic E-state index is 14.4. The van der Waals surface area contributed by atoms with Crippen LogP contribution in [0.15, 0.2) is 60.8 Å². The Morgan fingerprint density at radius 1 is 1.03 bits per heavy atom. The SMILES string of the molecule is O=C(O)/C=C/c1ccc(/C(=C(\c2ccc(F)cc2C(F)(F)F)C2CCC2)c2ccc3[nH]nc(F)c3c2)cn1. The molecule has 0 bridgehead atoms. The van der Waals surface area contributed by atoms with Crippen molar-refractivity contribution in [1.82, 2.24) is 15.2 Å². The van der Waals surface area contributed by atoms with Crippen LogP contribution in [0.3, 0.4) is 0 Å². The summed E-state index contributed by atoms with van der Waals surface area (Å²) in [5.41, 5.74) is 1.14. The molecule has 10 heteroatoms. The van der Waals surface area contributed by atoms with E-state index >= 15 is 0 Å². The van der Waals surface area contributed by atoms with Gasteiger partial charge in [0.2, 0.25) is 5.95 Å². The number of rotatable bonds is 6. The molecule has 38 heavy (non-hydrogen) atoms. The van der Waals surface area contributed by atoms with Crippen molar-refractivity contribution in [2.45, 2.75) is 25.4 Å². The number of alkyl halides is 3. The lowest BCUT2D eigenvalue weighted by Crippen LogP contribution is -2.19. The maximum Gasteiger partial charge on any atom is 0.417 e. The van der Waals surface area contributed by atoms with Crippen LogP contribution in [0.2, 0.25) is 0 Å². The molecule has 2 aromatic heterocycles. The van der Waals surface area contributed by atoms with Crippen molar-refractivity contribution in [1.29, 1.82) is 0 Å². The zero-order valence-electron chi connectivity index (χ0n) is 19.7. The van der Waals surface area contributed by atoms with Crippen LogP contribution in [0.1, 0.15) is 47.2 Å². The largest absolute Gasteiger partial charge is 0.478 e. The summed E-state index contributed by atoms with van der Waals surface area (Å²) in [4.78, 5) is 15.1. The van der Waals surface area contributed by atoms with Gasteiger partial charge in [0.1, 0.15) is 5.82 Å². The number of halogens is 5. The van der Waals surface area contributed by atoms with Gasteiger partial charge >= 0.3 is 12.1 Å². The molecule has 0 aliphatic heterocycles. The van der Waals surface area contributed by atoms with Gasteiger partial charge in [-0.3, -0.25) is 10.1 Å². The number of carboxylic acid groups (broad SMARTS) is 1. The minimum absolute atomic E-state index is 0.152. The van der Waals surface area contributed by atoms with Gasteiger partial charge in [0.25, 0.3) is 0 Å². The summed E-state index contributed by atoms with van der Waals surface area (Å²) in [7, 11) is 0. The molecule has 0 amide bonds. The summed E-state index contributed by atoms with van der Waals surface area (Å²) in [5, 5.41) is 15.2. The van der Waals surface area contributed by atoms with E-state index in [0.717, 1.165) is 24.6 Å². The fourth-order valence-electron chi connectivity index (χ4n) is 4.67. The summed E-state index contributed by atoms with van der Waals surface area (Å²) in [6, 6.07) is 10.5. The zero-order valence-corrected chi connectivity index (χ0v) is 19.7. The second kappa shape index (κ2) is 9.85. The van der Waals surface area contributed by atoms with Gasteiger partial charge in [-0.2, -0.15) is 17.6 Å². The molecule has 1 fully saturated rings. The van der Waals surface area contributed by atoms with Gasteiger partial charge in [-0.05, 0) is 77.4 Å². The third-order valence-corrected chi connectivity index (χ3v) is 6.64. The summed E-state index contributed by atoms with van der Waals surface area (Å²) in [5.74, 6) is -3.17. The number of aliphatic carboxylic acids is 1. The monoisotopic (exact) mass is 525 g/mol. The molecule has 0 unspecified atom stereocenters. The van der Waals surface area contributed by atoms with Crippen LogP contribution in [-0.2, 0) is 11.0 Å². The molecule has 5 rings (SSSR count). The second-order valence-electron chi connectivity index (χ2n) is 9.02. The first-order valence-electron chi connectivity index (χ1n) is 11.7. The molecule has 0 atom stereocenters. The molecule has 0 saturated heterocycles. The van der Waals surface area contributed by atoms with Crippen LogP contribution in [0.4, 0.5) is 22.0 Å². The minimum Gasteiger partial charge on any atom is -0.478 e. The summed E-state index contributed by atoms with van der Waals surface area (Å²) in [6.45, 7) is 0. The smallest absolute Gasteiger partial charge is 0.417 e. The Bertz CT molecular complexity index is 1580. The van der Waals surface area contributed by atoms with Gasteiger partial charge < -0.3 is 5.11 Å². The molecular weight excluding hydrogens is 505 g/mol. The molecule has 5 nitrogen and oxygen atoms in total. The Hall–Kier alpha value is -4.34. The van der Waals surface area contributed by atoms with Crippen molar-refractivity contribution >= 4 is 34.1 Å². The Kier molecular flexibility index (Phi) is 6.56. The van der Waals surface area contributed by atoms with Crippen molar-refractivity contribution in [3.63, 3.8) is 0 Å². The van der Waals surface area contributed by atoms with Gasteiger partial charge in [-0.1, -0.05) is 24.6 Å². The topological polar surface area (TPSA) is 78.9 Å². The van der Waals surface area contributed by atoms with Crippen molar-refractivity contribution in [3.8, 4) is 0 Å². The van der Waals surface area contributed by atoms with Crippen molar-refractivity contribution in [2.75, 3.05) is 0 Å². The first kappa shape index (κ1) is 25.3. The summed E-state index contributed by atoms with van der Waals surface area (Å²) in [6.07, 6.45) is 0.894. The van der Waals surface area contributed by atoms with Crippen LogP contribution in [0.5, 0.6) is 0 Å². The fraction of sp³-hybridized carbons (Fsp3) is 0.179. The summed E-state index contributed by atoms with van der Waals surface area (Å²) >= 11 is 0. The van der Waals surface area contributed by atoms with E-state index in [1.807, 2.05) is 0 Å². The standard InChI is InChI=1S/C28H20F5N3O2/c29-18-6-9-20(22(13-18)28(31,32)33)26(15-2-1-3-15)25(16-5-10-23-21(12-16)27(30)36-35-23)17-4-7-19(34-14-17)8-11-24(37)38/h4-15H,1-3H2,(H,35,36)(H,37,38)/b11-8+,26-25-. The number of allylic oxidation sites excluding steroid dienone is 1. The number of H-pyrrole nitrogens is 1. The third-order valence-electron chi connectivity index (χ3n) is 6.64. The van der Waals surface area contributed by atoms with Crippen LogP contribution in [0.25, 0.3) is 28.1 Å². The Morgan fingerprint density at radius 2 is 1.79 bits per heavy atom. The number of benzene rings is 2. The quantitative estimate of drug-likeness (QED) is 0.160. The number of nitrogens with zero attached hydrogens (tertiary/aromatic N) is 2. The molecule has 2 N–H and O–H groups in total. The van der Waals surface area contributed by atoms with E-state index in [2.05, 4.69) is 15.2 Å². The predicted molar refractivity (Wildman–Crippen MR) is 132 cm³/mol. The number of aromatic nitrogens is 3. The number of carbonyl (C=O) groups is 1. The first-order chi connectivity index (χ1) is 18.1. The number of aromatic amines is 1.